The number of benzene rings is 1. The Labute approximate surface area is 103 Å². The number of alkyl halides is 1. The highest BCUT2D eigenvalue weighted by Crippen LogP contribution is 2.34. The van der Waals surface area contributed by atoms with Crippen molar-refractivity contribution < 1.29 is 0 Å². The highest BCUT2D eigenvalue weighted by atomic mass is 35.5. The predicted molar refractivity (Wildman–Crippen MR) is 69.3 cm³/mol. The van der Waals surface area contributed by atoms with Crippen LogP contribution in [0.2, 0.25) is 0 Å². The molecule has 2 aliphatic rings. The largest absolute Gasteiger partial charge is 0.122 e. The topological polar surface area (TPSA) is 0 Å². The summed E-state index contributed by atoms with van der Waals surface area (Å²) >= 11 is 6.11. The minimum absolute atomic E-state index is 0.704. The number of rotatable bonds is 1. The lowest BCUT2D eigenvalue weighted by molar-refractivity contribution is 0.637. The number of hydrogen-bond donors (Lipinski definition) is 0. The minimum Gasteiger partial charge on any atom is -0.122 e. The average molecular weight is 235 g/mol. The van der Waals surface area contributed by atoms with E-state index in [1.54, 1.807) is 22.3 Å². The van der Waals surface area contributed by atoms with Gasteiger partial charge in [-0.3, -0.25) is 0 Å². The van der Waals surface area contributed by atoms with E-state index in [-0.39, 0.29) is 0 Å². The molecular weight excluding hydrogens is 216 g/mol. The first-order chi connectivity index (χ1) is 7.90. The molecule has 0 N–H and O–H groups in total. The Hall–Kier alpha value is -0.490. The summed E-state index contributed by atoms with van der Waals surface area (Å²) in [6.07, 6.45) is 10.7. The summed E-state index contributed by atoms with van der Waals surface area (Å²) < 4.78 is 0. The van der Waals surface area contributed by atoms with Crippen LogP contribution in [0.3, 0.4) is 0 Å². The van der Waals surface area contributed by atoms with Gasteiger partial charge in [0.25, 0.3) is 0 Å². The van der Waals surface area contributed by atoms with Gasteiger partial charge in [0, 0.05) is 5.88 Å². The third kappa shape index (κ3) is 1.68. The van der Waals surface area contributed by atoms with Crippen molar-refractivity contribution in [3.63, 3.8) is 0 Å². The molecule has 0 heterocycles. The Balaban J connectivity index is 2.17. The smallest absolute Gasteiger partial charge is 0.0476 e. The summed E-state index contributed by atoms with van der Waals surface area (Å²) in [6, 6.07) is 2.41. The highest BCUT2D eigenvalue weighted by Gasteiger charge is 2.21. The summed E-state index contributed by atoms with van der Waals surface area (Å²) in [6.45, 7) is 0. The molecule has 1 aromatic carbocycles. The molecule has 16 heavy (non-hydrogen) atoms. The van der Waals surface area contributed by atoms with Crippen molar-refractivity contribution >= 4 is 11.6 Å². The molecular formula is C15H19Cl. The van der Waals surface area contributed by atoms with Crippen LogP contribution in [0.1, 0.15) is 53.5 Å². The standard InChI is InChI=1S/C15H19Cl/c16-10-12-9-11-5-1-2-6-13(11)15-8-4-3-7-14(12)15/h9H,1-8,10H2. The van der Waals surface area contributed by atoms with Crippen molar-refractivity contribution in [2.45, 2.75) is 57.2 Å². The fourth-order valence-electron chi connectivity index (χ4n) is 3.44. The van der Waals surface area contributed by atoms with Gasteiger partial charge in [-0.05, 0) is 79.2 Å². The maximum atomic E-state index is 6.11. The van der Waals surface area contributed by atoms with Crippen molar-refractivity contribution in [1.82, 2.24) is 0 Å². The van der Waals surface area contributed by atoms with Gasteiger partial charge in [-0.25, -0.2) is 0 Å². The first-order valence-corrected chi connectivity index (χ1v) is 7.15. The third-order valence-corrected chi connectivity index (χ3v) is 4.51. The lowest BCUT2D eigenvalue weighted by Gasteiger charge is -2.27. The third-order valence-electron chi connectivity index (χ3n) is 4.22. The Kier molecular flexibility index (Phi) is 2.93. The van der Waals surface area contributed by atoms with E-state index in [0.29, 0.717) is 5.88 Å². The monoisotopic (exact) mass is 234 g/mol. The fraction of sp³-hybridized carbons (Fsp3) is 0.600. The van der Waals surface area contributed by atoms with Crippen LogP contribution in [-0.2, 0) is 31.6 Å². The SMILES string of the molecule is ClCc1cc2c(c3c1CCCC3)CCCC2. The number of hydrogen-bond acceptors (Lipinski definition) is 0. The van der Waals surface area contributed by atoms with Crippen LogP contribution in [0.25, 0.3) is 0 Å². The molecule has 2 aliphatic carbocycles. The second-order valence-corrected chi connectivity index (χ2v) is 5.45. The first-order valence-electron chi connectivity index (χ1n) is 6.61. The normalized spacial score (nSPS) is 19.1. The molecule has 0 nitrogen and oxygen atoms in total. The molecule has 0 atom stereocenters. The average Bonchev–Trinajstić information content (AvgIpc) is 2.38. The summed E-state index contributed by atoms with van der Waals surface area (Å²) in [5.41, 5.74) is 8.05. The zero-order chi connectivity index (χ0) is 11.0. The lowest BCUT2D eigenvalue weighted by Crippen LogP contribution is -2.14. The van der Waals surface area contributed by atoms with Gasteiger partial charge in [0.1, 0.15) is 0 Å². The molecule has 1 heteroatoms. The van der Waals surface area contributed by atoms with Crippen LogP contribution >= 0.6 is 11.6 Å². The van der Waals surface area contributed by atoms with Crippen molar-refractivity contribution in [1.29, 1.82) is 0 Å². The fourth-order valence-corrected chi connectivity index (χ4v) is 3.68. The zero-order valence-corrected chi connectivity index (χ0v) is 10.6. The number of aryl methyl sites for hydroxylation is 1. The van der Waals surface area contributed by atoms with E-state index in [1.165, 1.54) is 56.9 Å². The molecule has 0 bridgehead atoms. The van der Waals surface area contributed by atoms with Crippen molar-refractivity contribution in [2.24, 2.45) is 0 Å². The molecule has 0 saturated carbocycles. The Morgan fingerprint density at radius 1 is 0.812 bits per heavy atom. The van der Waals surface area contributed by atoms with Crippen molar-refractivity contribution in [3.8, 4) is 0 Å². The second kappa shape index (κ2) is 4.41. The molecule has 0 amide bonds. The second-order valence-electron chi connectivity index (χ2n) is 5.18. The van der Waals surface area contributed by atoms with Crippen molar-refractivity contribution in [2.75, 3.05) is 0 Å². The van der Waals surface area contributed by atoms with Gasteiger partial charge >= 0.3 is 0 Å². The van der Waals surface area contributed by atoms with E-state index in [2.05, 4.69) is 6.07 Å². The van der Waals surface area contributed by atoms with Gasteiger partial charge in [0.2, 0.25) is 0 Å². The number of fused-ring (bicyclic) bond motifs is 3. The van der Waals surface area contributed by atoms with Crippen LogP contribution in [0.4, 0.5) is 0 Å². The maximum absolute atomic E-state index is 6.11. The summed E-state index contributed by atoms with van der Waals surface area (Å²) in [5.74, 6) is 0.704. The van der Waals surface area contributed by atoms with Gasteiger partial charge in [-0.15, -0.1) is 11.6 Å². The van der Waals surface area contributed by atoms with Crippen LogP contribution in [0.15, 0.2) is 6.07 Å². The Bertz CT molecular complexity index is 384. The summed E-state index contributed by atoms with van der Waals surface area (Å²) in [7, 11) is 0. The van der Waals surface area contributed by atoms with E-state index in [1.807, 2.05) is 0 Å². The van der Waals surface area contributed by atoms with E-state index in [9.17, 15) is 0 Å². The van der Waals surface area contributed by atoms with Gasteiger partial charge in [0.15, 0.2) is 0 Å². The van der Waals surface area contributed by atoms with Gasteiger partial charge in [-0.1, -0.05) is 6.07 Å². The summed E-state index contributed by atoms with van der Waals surface area (Å²) in [4.78, 5) is 0. The van der Waals surface area contributed by atoms with Crippen LogP contribution in [0, 0.1) is 0 Å². The van der Waals surface area contributed by atoms with E-state index in [0.717, 1.165) is 0 Å². The molecule has 0 saturated heterocycles. The van der Waals surface area contributed by atoms with Crippen LogP contribution in [-0.4, -0.2) is 0 Å². The molecule has 0 spiro atoms. The van der Waals surface area contributed by atoms with Gasteiger partial charge < -0.3 is 0 Å². The Morgan fingerprint density at radius 2 is 1.44 bits per heavy atom. The zero-order valence-electron chi connectivity index (χ0n) is 9.82. The Morgan fingerprint density at radius 3 is 2.19 bits per heavy atom. The van der Waals surface area contributed by atoms with E-state index < -0.39 is 0 Å². The minimum atomic E-state index is 0.704. The molecule has 0 radical (unpaired) electrons. The molecule has 1 aromatic rings. The quantitative estimate of drug-likeness (QED) is 0.640. The maximum Gasteiger partial charge on any atom is 0.0476 e. The molecule has 0 aromatic heterocycles. The molecule has 3 rings (SSSR count). The lowest BCUT2D eigenvalue weighted by atomic mass is 9.78. The van der Waals surface area contributed by atoms with E-state index in [4.69, 9.17) is 11.6 Å². The highest BCUT2D eigenvalue weighted by molar-refractivity contribution is 6.17. The van der Waals surface area contributed by atoms with E-state index >= 15 is 0 Å². The molecule has 0 fully saturated rings. The van der Waals surface area contributed by atoms with Crippen LogP contribution < -0.4 is 0 Å². The van der Waals surface area contributed by atoms with Gasteiger partial charge in [-0.2, -0.15) is 0 Å². The molecule has 0 unspecified atom stereocenters. The summed E-state index contributed by atoms with van der Waals surface area (Å²) in [5, 5.41) is 0. The van der Waals surface area contributed by atoms with Crippen molar-refractivity contribution in [3.05, 3.63) is 33.9 Å². The number of halogens is 1. The van der Waals surface area contributed by atoms with Crippen LogP contribution in [0.5, 0.6) is 0 Å². The van der Waals surface area contributed by atoms with Gasteiger partial charge in [0.05, 0.1) is 0 Å². The predicted octanol–water partition coefficient (Wildman–Crippen LogP) is 4.18. The first kappa shape index (κ1) is 10.7. The molecule has 86 valence electrons. The molecule has 0 aliphatic heterocycles.